The second-order valence-corrected chi connectivity index (χ2v) is 6.33. The van der Waals surface area contributed by atoms with Gasteiger partial charge in [0.2, 0.25) is 0 Å². The van der Waals surface area contributed by atoms with Crippen LogP contribution < -0.4 is 5.73 Å². The van der Waals surface area contributed by atoms with E-state index < -0.39 is 0 Å². The number of rotatable bonds is 1. The molecule has 1 aromatic rings. The molecule has 0 aliphatic heterocycles. The Labute approximate surface area is 123 Å². The number of allylic oxidation sites excluding steroid dienone is 4. The quantitative estimate of drug-likeness (QED) is 0.796. The SMILES string of the molecule is COC(=O)c1sc2c(c1N)CCC1=C2/C=C\CCCC1. The summed E-state index contributed by atoms with van der Waals surface area (Å²) in [5, 5.41) is 0. The summed E-state index contributed by atoms with van der Waals surface area (Å²) in [5.74, 6) is -0.320. The number of esters is 1. The molecule has 0 atom stereocenters. The van der Waals surface area contributed by atoms with Crippen molar-refractivity contribution in [3.05, 3.63) is 33.0 Å². The van der Waals surface area contributed by atoms with Crippen LogP contribution in [0.25, 0.3) is 5.57 Å². The molecule has 2 N–H and O–H groups in total. The van der Waals surface area contributed by atoms with Gasteiger partial charge in [-0.1, -0.05) is 17.7 Å². The zero-order chi connectivity index (χ0) is 14.1. The van der Waals surface area contributed by atoms with Crippen LogP contribution in [0.4, 0.5) is 5.69 Å². The highest BCUT2D eigenvalue weighted by Crippen LogP contribution is 2.44. The summed E-state index contributed by atoms with van der Waals surface area (Å²) < 4.78 is 4.83. The Morgan fingerprint density at radius 1 is 1.30 bits per heavy atom. The normalized spacial score (nSPS) is 19.6. The molecule has 0 radical (unpaired) electrons. The first kappa shape index (κ1) is 13.4. The smallest absolute Gasteiger partial charge is 0.350 e. The van der Waals surface area contributed by atoms with Crippen molar-refractivity contribution in [2.75, 3.05) is 12.8 Å². The average Bonchev–Trinajstić information content (AvgIpc) is 2.76. The standard InChI is InChI=1S/C16H19NO2S/c1-19-16(18)15-13(17)12-9-8-10-6-4-2-3-5-7-11(10)14(12)20-15/h5,7H,2-4,6,8-9,17H2,1H3/b7-5-. The van der Waals surface area contributed by atoms with E-state index in [2.05, 4.69) is 12.2 Å². The van der Waals surface area contributed by atoms with Crippen LogP contribution in [0.15, 0.2) is 17.7 Å². The van der Waals surface area contributed by atoms with E-state index in [1.165, 1.54) is 53.7 Å². The van der Waals surface area contributed by atoms with E-state index in [-0.39, 0.29) is 5.97 Å². The van der Waals surface area contributed by atoms with Crippen LogP contribution in [0.2, 0.25) is 0 Å². The van der Waals surface area contributed by atoms with Crippen LogP contribution in [-0.2, 0) is 11.2 Å². The fourth-order valence-electron chi connectivity index (χ4n) is 3.01. The number of nitrogen functional groups attached to an aromatic ring is 1. The molecule has 2 aliphatic rings. The Kier molecular flexibility index (Phi) is 3.66. The van der Waals surface area contributed by atoms with Gasteiger partial charge >= 0.3 is 5.97 Å². The fourth-order valence-corrected chi connectivity index (χ4v) is 4.28. The minimum Gasteiger partial charge on any atom is -0.465 e. The van der Waals surface area contributed by atoms with Crippen molar-refractivity contribution in [1.29, 1.82) is 0 Å². The summed E-state index contributed by atoms with van der Waals surface area (Å²) in [5.41, 5.74) is 10.7. The molecule has 2 aliphatic carbocycles. The third-order valence-corrected chi connectivity index (χ3v) is 5.37. The Hall–Kier alpha value is -1.55. The van der Waals surface area contributed by atoms with Crippen molar-refractivity contribution < 1.29 is 9.53 Å². The first-order valence-electron chi connectivity index (χ1n) is 7.10. The summed E-state index contributed by atoms with van der Waals surface area (Å²) in [7, 11) is 1.40. The van der Waals surface area contributed by atoms with Gasteiger partial charge in [-0.25, -0.2) is 4.79 Å². The number of nitrogens with two attached hydrogens (primary N) is 1. The molecule has 0 spiro atoms. The summed E-state index contributed by atoms with van der Waals surface area (Å²) in [6.45, 7) is 0. The lowest BCUT2D eigenvalue weighted by Gasteiger charge is -2.20. The molecule has 1 aromatic heterocycles. The van der Waals surface area contributed by atoms with E-state index >= 15 is 0 Å². The maximum atomic E-state index is 11.8. The summed E-state index contributed by atoms with van der Waals surface area (Å²) in [6.07, 6.45) is 11.3. The molecule has 3 nitrogen and oxygen atoms in total. The lowest BCUT2D eigenvalue weighted by atomic mass is 9.86. The second-order valence-electron chi connectivity index (χ2n) is 5.31. The Morgan fingerprint density at radius 3 is 2.95 bits per heavy atom. The van der Waals surface area contributed by atoms with Gasteiger partial charge in [0.25, 0.3) is 0 Å². The Morgan fingerprint density at radius 2 is 2.15 bits per heavy atom. The van der Waals surface area contributed by atoms with Gasteiger partial charge < -0.3 is 10.5 Å². The van der Waals surface area contributed by atoms with Crippen molar-refractivity contribution >= 4 is 28.6 Å². The van der Waals surface area contributed by atoms with E-state index in [9.17, 15) is 4.79 Å². The maximum absolute atomic E-state index is 11.8. The summed E-state index contributed by atoms with van der Waals surface area (Å²) in [6, 6.07) is 0. The molecule has 0 aromatic carbocycles. The number of hydrogen-bond donors (Lipinski definition) is 1. The molecule has 0 unspecified atom stereocenters. The van der Waals surface area contributed by atoms with Crippen molar-refractivity contribution in [1.82, 2.24) is 0 Å². The molecule has 4 heteroatoms. The van der Waals surface area contributed by atoms with Crippen LogP contribution >= 0.6 is 11.3 Å². The monoisotopic (exact) mass is 289 g/mol. The number of carbonyl (C=O) groups is 1. The number of thiophene rings is 1. The van der Waals surface area contributed by atoms with Gasteiger partial charge in [0.1, 0.15) is 4.88 Å². The zero-order valence-corrected chi connectivity index (χ0v) is 12.5. The van der Waals surface area contributed by atoms with Gasteiger partial charge in [0, 0.05) is 4.88 Å². The van der Waals surface area contributed by atoms with Gasteiger partial charge in [-0.3, -0.25) is 0 Å². The molecule has 0 bridgehead atoms. The second kappa shape index (κ2) is 5.44. The fraction of sp³-hybridized carbons (Fsp3) is 0.438. The third-order valence-electron chi connectivity index (χ3n) is 4.10. The average molecular weight is 289 g/mol. The lowest BCUT2D eigenvalue weighted by molar-refractivity contribution is 0.0607. The third kappa shape index (κ3) is 2.18. The summed E-state index contributed by atoms with van der Waals surface area (Å²) >= 11 is 1.49. The first-order valence-corrected chi connectivity index (χ1v) is 7.92. The minimum absolute atomic E-state index is 0.320. The van der Waals surface area contributed by atoms with Crippen molar-refractivity contribution in [2.24, 2.45) is 0 Å². The molecular weight excluding hydrogens is 270 g/mol. The first-order chi connectivity index (χ1) is 9.72. The molecule has 3 rings (SSSR count). The Bertz CT molecular complexity index is 610. The van der Waals surface area contributed by atoms with E-state index in [1.807, 2.05) is 0 Å². The van der Waals surface area contributed by atoms with Crippen LogP contribution in [0, 0.1) is 0 Å². The van der Waals surface area contributed by atoms with Gasteiger partial charge in [0.05, 0.1) is 12.8 Å². The number of ether oxygens (including phenoxy) is 1. The molecule has 0 saturated heterocycles. The zero-order valence-electron chi connectivity index (χ0n) is 11.7. The molecule has 0 fully saturated rings. The summed E-state index contributed by atoms with van der Waals surface area (Å²) in [4.78, 5) is 13.5. The van der Waals surface area contributed by atoms with Gasteiger partial charge in [-0.2, -0.15) is 0 Å². The van der Waals surface area contributed by atoms with Gasteiger partial charge in [-0.05, 0) is 49.7 Å². The number of anilines is 1. The predicted octanol–water partition coefficient (Wildman–Crippen LogP) is 3.95. The van der Waals surface area contributed by atoms with E-state index in [0.29, 0.717) is 10.6 Å². The number of hydrogen-bond acceptors (Lipinski definition) is 4. The lowest BCUT2D eigenvalue weighted by Crippen LogP contribution is -2.06. The number of fused-ring (bicyclic) bond motifs is 2. The molecule has 106 valence electrons. The van der Waals surface area contributed by atoms with Gasteiger partial charge in [0.15, 0.2) is 0 Å². The highest BCUT2D eigenvalue weighted by atomic mass is 32.1. The number of methoxy groups -OCH3 is 1. The molecule has 1 heterocycles. The largest absolute Gasteiger partial charge is 0.465 e. The van der Waals surface area contributed by atoms with E-state index in [1.54, 1.807) is 0 Å². The van der Waals surface area contributed by atoms with Crippen LogP contribution in [0.5, 0.6) is 0 Å². The van der Waals surface area contributed by atoms with Crippen LogP contribution in [0.1, 0.15) is 52.2 Å². The topological polar surface area (TPSA) is 52.3 Å². The van der Waals surface area contributed by atoms with E-state index in [4.69, 9.17) is 10.5 Å². The molecular formula is C16H19NO2S. The van der Waals surface area contributed by atoms with Gasteiger partial charge in [-0.15, -0.1) is 11.3 Å². The van der Waals surface area contributed by atoms with Crippen molar-refractivity contribution in [3.8, 4) is 0 Å². The maximum Gasteiger partial charge on any atom is 0.350 e. The highest BCUT2D eigenvalue weighted by molar-refractivity contribution is 7.16. The van der Waals surface area contributed by atoms with Crippen LogP contribution in [-0.4, -0.2) is 13.1 Å². The minimum atomic E-state index is -0.320. The molecule has 0 saturated carbocycles. The van der Waals surface area contributed by atoms with Crippen molar-refractivity contribution in [2.45, 2.75) is 38.5 Å². The molecule has 0 amide bonds. The number of carbonyl (C=O) groups excluding carboxylic acids is 1. The van der Waals surface area contributed by atoms with Crippen molar-refractivity contribution in [3.63, 3.8) is 0 Å². The highest BCUT2D eigenvalue weighted by Gasteiger charge is 2.27. The van der Waals surface area contributed by atoms with Crippen LogP contribution in [0.3, 0.4) is 0 Å². The molecule has 20 heavy (non-hydrogen) atoms. The Balaban J connectivity index is 2.10. The van der Waals surface area contributed by atoms with E-state index in [0.717, 1.165) is 24.8 Å². The predicted molar refractivity (Wildman–Crippen MR) is 82.9 cm³/mol.